The molecule has 2 aromatic rings. The van der Waals surface area contributed by atoms with E-state index >= 15 is 0 Å². The highest BCUT2D eigenvalue weighted by molar-refractivity contribution is 5.78. The zero-order chi connectivity index (χ0) is 18.9. The van der Waals surface area contributed by atoms with Crippen LogP contribution in [-0.2, 0) is 22.7 Å². The lowest BCUT2D eigenvalue weighted by atomic mass is 10.3. The van der Waals surface area contributed by atoms with Crippen LogP contribution < -0.4 is 15.4 Å². The van der Waals surface area contributed by atoms with Gasteiger partial charge in [0.05, 0.1) is 6.20 Å². The molecule has 2 rings (SSSR count). The molecule has 0 radical (unpaired) electrons. The van der Waals surface area contributed by atoms with Crippen molar-refractivity contribution in [3.8, 4) is 5.75 Å². The smallest absolute Gasteiger partial charge is 0.241 e. The molecule has 0 aliphatic rings. The van der Waals surface area contributed by atoms with Gasteiger partial charge in [-0.15, -0.1) is 5.10 Å². The van der Waals surface area contributed by atoms with Crippen molar-refractivity contribution < 1.29 is 18.7 Å². The molecule has 0 unspecified atom stereocenters. The number of carbonyl (C=O) groups is 2. The number of ether oxygens (including phenoxy) is 1. The first kappa shape index (κ1) is 19.4. The standard InChI is InChI=1S/C17H22FN5O3/c1-12(2)20-16(24)7-8-19-17(25)10-23-9-13(21-22-23)11-26-15-6-4-3-5-14(15)18/h3-6,9,12H,7-8,10-11H2,1-2H3,(H,19,25)(H,20,24). The zero-order valence-corrected chi connectivity index (χ0v) is 14.7. The molecule has 8 nitrogen and oxygen atoms in total. The van der Waals surface area contributed by atoms with Gasteiger partial charge in [-0.1, -0.05) is 17.3 Å². The molecule has 1 heterocycles. The lowest BCUT2D eigenvalue weighted by Crippen LogP contribution is -2.35. The van der Waals surface area contributed by atoms with Crippen LogP contribution in [0.2, 0.25) is 0 Å². The van der Waals surface area contributed by atoms with Crippen LogP contribution in [0.15, 0.2) is 30.5 Å². The van der Waals surface area contributed by atoms with Crippen LogP contribution >= 0.6 is 0 Å². The van der Waals surface area contributed by atoms with Crippen LogP contribution in [-0.4, -0.2) is 39.4 Å². The number of nitrogens with zero attached hydrogens (tertiary/aromatic N) is 3. The van der Waals surface area contributed by atoms with Crippen LogP contribution in [0.3, 0.4) is 0 Å². The third-order valence-corrected chi connectivity index (χ3v) is 3.23. The lowest BCUT2D eigenvalue weighted by Gasteiger charge is -2.08. The second-order valence-corrected chi connectivity index (χ2v) is 5.95. The minimum absolute atomic E-state index is 0.0293. The van der Waals surface area contributed by atoms with E-state index in [1.165, 1.54) is 16.8 Å². The molecule has 0 saturated carbocycles. The van der Waals surface area contributed by atoms with Crippen molar-refractivity contribution in [2.24, 2.45) is 0 Å². The lowest BCUT2D eigenvalue weighted by molar-refractivity contribution is -0.123. The average molecular weight is 363 g/mol. The highest BCUT2D eigenvalue weighted by atomic mass is 19.1. The molecule has 0 saturated heterocycles. The number of halogens is 1. The number of benzene rings is 1. The molecule has 0 bridgehead atoms. The van der Waals surface area contributed by atoms with E-state index in [1.807, 2.05) is 13.8 Å². The second-order valence-electron chi connectivity index (χ2n) is 5.95. The van der Waals surface area contributed by atoms with Gasteiger partial charge in [0.1, 0.15) is 18.8 Å². The number of hydrogen-bond acceptors (Lipinski definition) is 5. The van der Waals surface area contributed by atoms with Crippen molar-refractivity contribution in [3.63, 3.8) is 0 Å². The summed E-state index contributed by atoms with van der Waals surface area (Å²) in [5.74, 6) is -0.734. The molecule has 1 aromatic carbocycles. The Hall–Kier alpha value is -2.97. The van der Waals surface area contributed by atoms with Gasteiger partial charge in [-0.3, -0.25) is 9.59 Å². The summed E-state index contributed by atoms with van der Waals surface area (Å²) in [5, 5.41) is 13.1. The number of rotatable bonds is 9. The van der Waals surface area contributed by atoms with Crippen LogP contribution in [0.1, 0.15) is 26.0 Å². The molecule has 0 atom stereocenters. The van der Waals surface area contributed by atoms with Gasteiger partial charge in [0.2, 0.25) is 11.8 Å². The van der Waals surface area contributed by atoms with Crippen LogP contribution in [0.4, 0.5) is 4.39 Å². The van der Waals surface area contributed by atoms with Crippen LogP contribution in [0.25, 0.3) is 0 Å². The molecule has 0 aliphatic heterocycles. The SMILES string of the molecule is CC(C)NC(=O)CCNC(=O)Cn1cc(COc2ccccc2F)nn1. The fraction of sp³-hybridized carbons (Fsp3) is 0.412. The van der Waals surface area contributed by atoms with Crippen molar-refractivity contribution in [1.82, 2.24) is 25.6 Å². The Morgan fingerprint density at radius 1 is 1.27 bits per heavy atom. The largest absolute Gasteiger partial charge is 0.484 e. The van der Waals surface area contributed by atoms with Gasteiger partial charge in [0, 0.05) is 19.0 Å². The second kappa shape index (κ2) is 9.50. The summed E-state index contributed by atoms with van der Waals surface area (Å²) in [4.78, 5) is 23.3. The Labute approximate surface area is 150 Å². The first-order chi connectivity index (χ1) is 12.4. The maximum absolute atomic E-state index is 13.5. The third-order valence-electron chi connectivity index (χ3n) is 3.23. The van der Waals surface area contributed by atoms with Gasteiger partial charge in [-0.25, -0.2) is 9.07 Å². The van der Waals surface area contributed by atoms with Crippen molar-refractivity contribution in [2.75, 3.05) is 6.54 Å². The maximum Gasteiger partial charge on any atom is 0.241 e. The molecule has 0 spiro atoms. The topological polar surface area (TPSA) is 98.1 Å². The molecule has 9 heteroatoms. The van der Waals surface area contributed by atoms with Gasteiger partial charge in [-0.05, 0) is 26.0 Å². The van der Waals surface area contributed by atoms with E-state index in [-0.39, 0.29) is 49.7 Å². The Bertz CT molecular complexity index is 748. The summed E-state index contributed by atoms with van der Waals surface area (Å²) in [6.45, 7) is 4.00. The predicted octanol–water partition coefficient (Wildman–Crippen LogP) is 1.03. The zero-order valence-electron chi connectivity index (χ0n) is 14.7. The number of carbonyl (C=O) groups excluding carboxylic acids is 2. The molecule has 140 valence electrons. The molecular weight excluding hydrogens is 341 g/mol. The number of nitrogens with one attached hydrogen (secondary N) is 2. The van der Waals surface area contributed by atoms with Gasteiger partial charge < -0.3 is 15.4 Å². The van der Waals surface area contributed by atoms with Gasteiger partial charge >= 0.3 is 0 Å². The van der Waals surface area contributed by atoms with E-state index in [9.17, 15) is 14.0 Å². The Morgan fingerprint density at radius 3 is 2.77 bits per heavy atom. The van der Waals surface area contributed by atoms with Crippen LogP contribution in [0.5, 0.6) is 5.75 Å². The van der Waals surface area contributed by atoms with Crippen LogP contribution in [0, 0.1) is 5.82 Å². The average Bonchev–Trinajstić information content (AvgIpc) is 3.00. The maximum atomic E-state index is 13.5. The summed E-state index contributed by atoms with van der Waals surface area (Å²) >= 11 is 0. The van der Waals surface area contributed by atoms with E-state index in [1.54, 1.807) is 18.3 Å². The number of para-hydroxylation sites is 1. The van der Waals surface area contributed by atoms with Gasteiger partial charge in [-0.2, -0.15) is 0 Å². The van der Waals surface area contributed by atoms with Crippen molar-refractivity contribution in [3.05, 3.63) is 42.0 Å². The molecule has 26 heavy (non-hydrogen) atoms. The predicted molar refractivity (Wildman–Crippen MR) is 91.7 cm³/mol. The van der Waals surface area contributed by atoms with Crippen molar-refractivity contribution >= 4 is 11.8 Å². The summed E-state index contributed by atoms with van der Waals surface area (Å²) < 4.78 is 20.1. The number of aromatic nitrogens is 3. The summed E-state index contributed by atoms with van der Waals surface area (Å²) in [5.41, 5.74) is 0.470. The Kier molecular flexibility index (Phi) is 7.07. The normalized spacial score (nSPS) is 10.6. The van der Waals surface area contributed by atoms with E-state index in [0.717, 1.165) is 0 Å². The molecule has 2 N–H and O–H groups in total. The molecule has 2 amide bonds. The highest BCUT2D eigenvalue weighted by Crippen LogP contribution is 2.16. The Balaban J connectivity index is 1.73. The van der Waals surface area contributed by atoms with E-state index in [2.05, 4.69) is 20.9 Å². The van der Waals surface area contributed by atoms with E-state index < -0.39 is 5.82 Å². The van der Waals surface area contributed by atoms with Crippen molar-refractivity contribution in [1.29, 1.82) is 0 Å². The minimum Gasteiger partial charge on any atom is -0.484 e. The molecule has 0 aliphatic carbocycles. The van der Waals surface area contributed by atoms with E-state index in [0.29, 0.717) is 5.69 Å². The third kappa shape index (κ3) is 6.50. The Morgan fingerprint density at radius 2 is 2.04 bits per heavy atom. The molecular formula is C17H22FN5O3. The number of hydrogen-bond donors (Lipinski definition) is 2. The first-order valence-electron chi connectivity index (χ1n) is 8.26. The van der Waals surface area contributed by atoms with E-state index in [4.69, 9.17) is 4.74 Å². The molecule has 0 fully saturated rings. The fourth-order valence-electron chi connectivity index (χ4n) is 2.11. The van der Waals surface area contributed by atoms with Gasteiger partial charge in [0.15, 0.2) is 11.6 Å². The summed E-state index contributed by atoms with van der Waals surface area (Å²) in [6.07, 6.45) is 1.76. The highest BCUT2D eigenvalue weighted by Gasteiger charge is 2.09. The summed E-state index contributed by atoms with van der Waals surface area (Å²) in [6, 6.07) is 6.13. The quantitative estimate of drug-likeness (QED) is 0.693. The van der Waals surface area contributed by atoms with Crippen molar-refractivity contribution in [2.45, 2.75) is 39.5 Å². The number of amides is 2. The minimum atomic E-state index is -0.458. The first-order valence-corrected chi connectivity index (χ1v) is 8.26. The fourth-order valence-corrected chi connectivity index (χ4v) is 2.11. The molecule has 1 aromatic heterocycles. The summed E-state index contributed by atoms with van der Waals surface area (Å²) in [7, 11) is 0. The monoisotopic (exact) mass is 363 g/mol. The van der Waals surface area contributed by atoms with Gasteiger partial charge in [0.25, 0.3) is 0 Å².